The largest absolute Gasteiger partial charge is 0.286 e. The molecule has 0 saturated heterocycles. The molecule has 2 aromatic carbocycles. The van der Waals surface area contributed by atoms with Crippen molar-refractivity contribution in [2.24, 2.45) is 0 Å². The van der Waals surface area contributed by atoms with Gasteiger partial charge in [0.15, 0.2) is 0 Å². The molecule has 7 heteroatoms. The van der Waals surface area contributed by atoms with Crippen molar-refractivity contribution in [3.05, 3.63) is 66.2 Å². The van der Waals surface area contributed by atoms with Gasteiger partial charge in [-0.25, -0.2) is 13.5 Å². The van der Waals surface area contributed by atoms with Crippen LogP contribution < -0.4 is 4.72 Å². The van der Waals surface area contributed by atoms with Crippen LogP contribution in [0.15, 0.2) is 65.6 Å². The summed E-state index contributed by atoms with van der Waals surface area (Å²) in [5, 5.41) is 10.1. The van der Waals surface area contributed by atoms with Crippen molar-refractivity contribution in [3.63, 3.8) is 0 Å². The summed E-state index contributed by atoms with van der Waals surface area (Å²) in [4.78, 5) is 12.1. The molecule has 0 unspecified atom stereocenters. The molecule has 6 nitrogen and oxygen atoms in total. The van der Waals surface area contributed by atoms with Crippen molar-refractivity contribution < 1.29 is 18.4 Å². The topological polar surface area (TPSA) is 86.7 Å². The smallest absolute Gasteiger partial charge is 0.264 e. The zero-order valence-electron chi connectivity index (χ0n) is 14.3. The molecule has 1 atom stereocenters. The first-order valence-electron chi connectivity index (χ1n) is 8.21. The van der Waals surface area contributed by atoms with Gasteiger partial charge < -0.3 is 0 Å². The number of sulfonamides is 1. The summed E-state index contributed by atoms with van der Waals surface area (Å²) in [5.74, 6) is -0.671. The van der Waals surface area contributed by atoms with Crippen LogP contribution in [0.3, 0.4) is 0 Å². The van der Waals surface area contributed by atoms with E-state index in [1.54, 1.807) is 24.3 Å². The molecular formula is C19H20N2O4S. The average molecular weight is 372 g/mol. The fourth-order valence-corrected chi connectivity index (χ4v) is 3.91. The fourth-order valence-electron chi connectivity index (χ4n) is 2.70. The molecule has 2 N–H and O–H groups in total. The highest BCUT2D eigenvalue weighted by Crippen LogP contribution is 2.22. The molecule has 0 spiro atoms. The molecule has 0 aliphatic carbocycles. The third-order valence-electron chi connectivity index (χ3n) is 4.22. The van der Waals surface area contributed by atoms with Crippen LogP contribution in [0, 0.1) is 6.92 Å². The fraction of sp³-hybridized carbons (Fsp3) is 0.211. The number of nitrogens with one attached hydrogen (secondary N) is 1. The van der Waals surface area contributed by atoms with Crippen LogP contribution >= 0.6 is 0 Å². The maximum absolute atomic E-state index is 12.6. The number of hydroxylamine groups is 2. The molecule has 1 heterocycles. The third-order valence-corrected chi connectivity index (χ3v) is 5.70. The van der Waals surface area contributed by atoms with Crippen molar-refractivity contribution in [1.29, 1.82) is 0 Å². The minimum atomic E-state index is -3.88. The number of carbonyl (C=O) groups is 1. The number of amides is 1. The van der Waals surface area contributed by atoms with Crippen LogP contribution in [0.1, 0.15) is 12.0 Å². The minimum Gasteiger partial charge on any atom is -0.286 e. The molecule has 2 aromatic rings. The Morgan fingerprint density at radius 2 is 1.58 bits per heavy atom. The van der Waals surface area contributed by atoms with Gasteiger partial charge in [-0.1, -0.05) is 54.1 Å². The molecule has 26 heavy (non-hydrogen) atoms. The number of aryl methyl sites for hydroxylation is 1. The van der Waals surface area contributed by atoms with Gasteiger partial charge in [0.1, 0.15) is 6.04 Å². The van der Waals surface area contributed by atoms with Gasteiger partial charge in [0.2, 0.25) is 10.0 Å². The standard InChI is InChI=1S/C19H20N2O4S/c1-14-5-7-15(8-6-14)16-9-11-17(12-10-16)26(24,25)20-18-4-2-3-13-21(23)19(18)22/h2-3,5-12,18,20,23H,4,13H2,1H3/t18-/m1/s1. The third kappa shape index (κ3) is 4.01. The first-order valence-corrected chi connectivity index (χ1v) is 9.70. The summed E-state index contributed by atoms with van der Waals surface area (Å²) >= 11 is 0. The number of rotatable bonds is 4. The quantitative estimate of drug-likeness (QED) is 0.638. The van der Waals surface area contributed by atoms with E-state index in [0.29, 0.717) is 5.06 Å². The van der Waals surface area contributed by atoms with Gasteiger partial charge >= 0.3 is 0 Å². The number of carbonyl (C=O) groups excluding carboxylic acids is 1. The lowest BCUT2D eigenvalue weighted by atomic mass is 10.0. The molecule has 1 aliphatic heterocycles. The summed E-state index contributed by atoms with van der Waals surface area (Å²) in [7, 11) is -3.88. The Balaban J connectivity index is 1.80. The molecular weight excluding hydrogens is 352 g/mol. The van der Waals surface area contributed by atoms with Crippen molar-refractivity contribution in [3.8, 4) is 11.1 Å². The van der Waals surface area contributed by atoms with Crippen LogP contribution in [0.5, 0.6) is 0 Å². The second kappa shape index (κ2) is 7.41. The molecule has 1 amide bonds. The second-order valence-electron chi connectivity index (χ2n) is 6.19. The van der Waals surface area contributed by atoms with Crippen molar-refractivity contribution in [2.45, 2.75) is 24.3 Å². The van der Waals surface area contributed by atoms with E-state index in [4.69, 9.17) is 0 Å². The van der Waals surface area contributed by atoms with Gasteiger partial charge in [-0.15, -0.1) is 0 Å². The predicted octanol–water partition coefficient (Wildman–Crippen LogP) is 2.49. The number of nitrogens with zero attached hydrogens (tertiary/aromatic N) is 1. The molecule has 0 bridgehead atoms. The number of hydrogen-bond donors (Lipinski definition) is 2. The van der Waals surface area contributed by atoms with Gasteiger partial charge in [-0.2, -0.15) is 4.72 Å². The summed E-state index contributed by atoms with van der Waals surface area (Å²) < 4.78 is 27.5. The maximum Gasteiger partial charge on any atom is 0.264 e. The van der Waals surface area contributed by atoms with Crippen LogP contribution in [-0.4, -0.2) is 37.2 Å². The van der Waals surface area contributed by atoms with E-state index in [0.717, 1.165) is 16.7 Å². The van der Waals surface area contributed by atoms with Gasteiger partial charge in [0, 0.05) is 0 Å². The van der Waals surface area contributed by atoms with Crippen LogP contribution in [0.2, 0.25) is 0 Å². The Hall–Kier alpha value is -2.48. The lowest BCUT2D eigenvalue weighted by Crippen LogP contribution is -2.46. The predicted molar refractivity (Wildman–Crippen MR) is 98.0 cm³/mol. The average Bonchev–Trinajstić information content (AvgIpc) is 2.78. The van der Waals surface area contributed by atoms with Crippen molar-refractivity contribution in [1.82, 2.24) is 9.79 Å². The lowest BCUT2D eigenvalue weighted by Gasteiger charge is -2.19. The van der Waals surface area contributed by atoms with Crippen LogP contribution in [0.4, 0.5) is 0 Å². The highest BCUT2D eigenvalue weighted by Gasteiger charge is 2.29. The molecule has 3 rings (SSSR count). The van der Waals surface area contributed by atoms with E-state index >= 15 is 0 Å². The maximum atomic E-state index is 12.6. The van der Waals surface area contributed by atoms with Crippen LogP contribution in [0.25, 0.3) is 11.1 Å². The summed E-state index contributed by atoms with van der Waals surface area (Å²) in [6, 6.07) is 13.4. The lowest BCUT2D eigenvalue weighted by molar-refractivity contribution is -0.164. The summed E-state index contributed by atoms with van der Waals surface area (Å²) in [6.07, 6.45) is 3.47. The second-order valence-corrected chi connectivity index (χ2v) is 7.91. The van der Waals surface area contributed by atoms with Gasteiger partial charge in [-0.05, 0) is 36.6 Å². The Bertz CT molecular complexity index is 919. The van der Waals surface area contributed by atoms with E-state index in [9.17, 15) is 18.4 Å². The first-order chi connectivity index (χ1) is 12.4. The van der Waals surface area contributed by atoms with E-state index in [-0.39, 0.29) is 17.9 Å². The molecule has 1 aliphatic rings. The minimum absolute atomic E-state index is 0.0440. The van der Waals surface area contributed by atoms with Gasteiger partial charge in [-0.3, -0.25) is 10.0 Å². The molecule has 0 fully saturated rings. The molecule has 136 valence electrons. The van der Waals surface area contributed by atoms with E-state index < -0.39 is 22.0 Å². The number of benzene rings is 2. The summed E-state index contributed by atoms with van der Waals surface area (Å²) in [6.45, 7) is 2.05. The zero-order valence-corrected chi connectivity index (χ0v) is 15.1. The Kier molecular flexibility index (Phi) is 5.22. The normalized spacial score (nSPS) is 18.0. The van der Waals surface area contributed by atoms with Gasteiger partial charge in [0.05, 0.1) is 11.4 Å². The zero-order chi connectivity index (χ0) is 18.7. The molecule has 0 aromatic heterocycles. The molecule has 0 saturated carbocycles. The van der Waals surface area contributed by atoms with Crippen molar-refractivity contribution >= 4 is 15.9 Å². The molecule has 0 radical (unpaired) electrons. The highest BCUT2D eigenvalue weighted by atomic mass is 32.2. The SMILES string of the molecule is Cc1ccc(-c2ccc(S(=O)(=O)N[C@@H]3CC=CCN(O)C3=O)cc2)cc1. The summed E-state index contributed by atoms with van der Waals surface area (Å²) in [5.41, 5.74) is 3.05. The Morgan fingerprint density at radius 3 is 2.19 bits per heavy atom. The Labute approximate surface area is 152 Å². The number of hydrogen-bond acceptors (Lipinski definition) is 4. The monoisotopic (exact) mass is 372 g/mol. The first kappa shape index (κ1) is 18.3. The van der Waals surface area contributed by atoms with E-state index in [1.807, 2.05) is 31.2 Å². The van der Waals surface area contributed by atoms with Gasteiger partial charge in [0.25, 0.3) is 5.91 Å². The van der Waals surface area contributed by atoms with E-state index in [1.165, 1.54) is 12.1 Å². The Morgan fingerprint density at radius 1 is 1.00 bits per heavy atom. The highest BCUT2D eigenvalue weighted by molar-refractivity contribution is 7.89. The van der Waals surface area contributed by atoms with Crippen LogP contribution in [-0.2, 0) is 14.8 Å². The van der Waals surface area contributed by atoms with E-state index in [2.05, 4.69) is 4.72 Å². The van der Waals surface area contributed by atoms with Crippen molar-refractivity contribution in [2.75, 3.05) is 6.54 Å².